The second kappa shape index (κ2) is 5.74. The van der Waals surface area contributed by atoms with Crippen LogP contribution in [-0.2, 0) is 4.79 Å². The first-order chi connectivity index (χ1) is 9.10. The number of amides is 1. The van der Waals surface area contributed by atoms with Crippen LogP contribution in [0.5, 0.6) is 11.5 Å². The van der Waals surface area contributed by atoms with E-state index in [1.54, 1.807) is 14.2 Å². The number of anilines is 1. The Labute approximate surface area is 119 Å². The van der Waals surface area contributed by atoms with Crippen molar-refractivity contribution in [2.45, 2.75) is 13.3 Å². The predicted molar refractivity (Wildman–Crippen MR) is 78.6 cm³/mol. The van der Waals surface area contributed by atoms with Crippen molar-refractivity contribution in [3.05, 3.63) is 17.7 Å². The van der Waals surface area contributed by atoms with Gasteiger partial charge >= 0.3 is 0 Å². The maximum Gasteiger partial charge on any atom is 0.227 e. The van der Waals surface area contributed by atoms with Crippen LogP contribution in [0.4, 0.5) is 5.69 Å². The molecule has 1 fully saturated rings. The molecule has 4 nitrogen and oxygen atoms in total. The number of hydrogen-bond donors (Lipinski definition) is 1. The minimum Gasteiger partial charge on any atom is -0.493 e. The van der Waals surface area contributed by atoms with E-state index in [1.807, 2.05) is 24.0 Å². The van der Waals surface area contributed by atoms with Crippen molar-refractivity contribution in [2.24, 2.45) is 5.92 Å². The monoisotopic (exact) mass is 281 g/mol. The fourth-order valence-electron chi connectivity index (χ4n) is 2.40. The number of rotatable bonds is 4. The number of carbonyl (C=O) groups is 1. The van der Waals surface area contributed by atoms with Crippen LogP contribution in [0.2, 0.25) is 0 Å². The largest absolute Gasteiger partial charge is 0.493 e. The van der Waals surface area contributed by atoms with Crippen LogP contribution in [0.15, 0.2) is 12.1 Å². The van der Waals surface area contributed by atoms with Crippen LogP contribution in [-0.4, -0.2) is 32.4 Å². The zero-order valence-corrected chi connectivity index (χ0v) is 12.4. The van der Waals surface area contributed by atoms with Gasteiger partial charge in [0, 0.05) is 19.0 Å². The van der Waals surface area contributed by atoms with Crippen molar-refractivity contribution in [1.29, 1.82) is 0 Å². The molecule has 2 rings (SSSR count). The molecule has 0 radical (unpaired) electrons. The van der Waals surface area contributed by atoms with Crippen molar-refractivity contribution in [2.75, 3.05) is 31.4 Å². The van der Waals surface area contributed by atoms with Gasteiger partial charge in [-0.1, -0.05) is 0 Å². The van der Waals surface area contributed by atoms with Crippen LogP contribution in [0, 0.1) is 12.8 Å². The highest BCUT2D eigenvalue weighted by Crippen LogP contribution is 2.37. The van der Waals surface area contributed by atoms with E-state index in [1.165, 1.54) is 0 Å². The Hall–Kier alpha value is -1.36. The number of ether oxygens (including phenoxy) is 2. The Morgan fingerprint density at radius 3 is 2.47 bits per heavy atom. The second-order valence-electron chi connectivity index (χ2n) is 4.75. The third-order valence-corrected chi connectivity index (χ3v) is 3.97. The van der Waals surface area contributed by atoms with E-state index in [0.717, 1.165) is 23.5 Å². The van der Waals surface area contributed by atoms with E-state index in [4.69, 9.17) is 9.47 Å². The molecular weight excluding hydrogens is 262 g/mol. The molecule has 19 heavy (non-hydrogen) atoms. The third-order valence-electron chi connectivity index (χ3n) is 3.46. The van der Waals surface area contributed by atoms with Gasteiger partial charge in [-0.3, -0.25) is 4.79 Å². The zero-order valence-electron chi connectivity index (χ0n) is 11.5. The summed E-state index contributed by atoms with van der Waals surface area (Å²) < 4.78 is 10.6. The topological polar surface area (TPSA) is 38.8 Å². The molecule has 5 heteroatoms. The van der Waals surface area contributed by atoms with Crippen LogP contribution in [0.1, 0.15) is 12.0 Å². The molecule has 104 valence electrons. The molecule has 1 aromatic carbocycles. The van der Waals surface area contributed by atoms with Gasteiger partial charge in [0.2, 0.25) is 5.91 Å². The van der Waals surface area contributed by atoms with Gasteiger partial charge in [0.1, 0.15) is 0 Å². The second-order valence-corrected chi connectivity index (χ2v) is 5.12. The number of thiol groups is 1. The minimum absolute atomic E-state index is 0.148. The summed E-state index contributed by atoms with van der Waals surface area (Å²) >= 11 is 4.28. The van der Waals surface area contributed by atoms with E-state index in [0.29, 0.717) is 23.8 Å². The lowest BCUT2D eigenvalue weighted by Crippen LogP contribution is -2.25. The van der Waals surface area contributed by atoms with Crippen molar-refractivity contribution in [3.63, 3.8) is 0 Å². The molecule has 1 aromatic rings. The minimum atomic E-state index is 0.148. The third kappa shape index (κ3) is 2.66. The summed E-state index contributed by atoms with van der Waals surface area (Å²) in [5.41, 5.74) is 1.90. The van der Waals surface area contributed by atoms with Crippen molar-refractivity contribution in [3.8, 4) is 11.5 Å². The molecule has 1 aliphatic heterocycles. The Morgan fingerprint density at radius 2 is 1.95 bits per heavy atom. The molecule has 0 bridgehead atoms. The lowest BCUT2D eigenvalue weighted by molar-refractivity contribution is -0.117. The number of nitrogens with zero attached hydrogens (tertiary/aromatic N) is 1. The van der Waals surface area contributed by atoms with Gasteiger partial charge in [0.25, 0.3) is 0 Å². The molecular formula is C14H19NO3S. The lowest BCUT2D eigenvalue weighted by atomic mass is 10.1. The van der Waals surface area contributed by atoms with E-state index < -0.39 is 0 Å². The summed E-state index contributed by atoms with van der Waals surface area (Å²) in [6.07, 6.45) is 0.567. The van der Waals surface area contributed by atoms with Crippen LogP contribution in [0.25, 0.3) is 0 Å². The summed E-state index contributed by atoms with van der Waals surface area (Å²) in [5, 5.41) is 0. The normalized spacial score (nSPS) is 18.8. The Kier molecular flexibility index (Phi) is 4.24. The van der Waals surface area contributed by atoms with Crippen LogP contribution < -0.4 is 14.4 Å². The quantitative estimate of drug-likeness (QED) is 0.861. The summed E-state index contributed by atoms with van der Waals surface area (Å²) in [6, 6.07) is 3.77. The van der Waals surface area contributed by atoms with Crippen molar-refractivity contribution < 1.29 is 14.3 Å². The van der Waals surface area contributed by atoms with Gasteiger partial charge in [-0.25, -0.2) is 0 Å². The first-order valence-corrected chi connectivity index (χ1v) is 6.87. The molecule has 0 spiro atoms. The summed E-state index contributed by atoms with van der Waals surface area (Å²) in [5.74, 6) is 2.53. The number of aryl methyl sites for hydroxylation is 1. The first kappa shape index (κ1) is 14.1. The van der Waals surface area contributed by atoms with E-state index in [2.05, 4.69) is 12.6 Å². The number of methoxy groups -OCH3 is 2. The van der Waals surface area contributed by atoms with Crippen LogP contribution >= 0.6 is 12.6 Å². The number of hydrogen-bond acceptors (Lipinski definition) is 4. The SMILES string of the molecule is COc1cc(C)c(N2CC(CS)CC2=O)cc1OC. The Bertz CT molecular complexity index is 490. The Balaban J connectivity index is 2.37. The zero-order chi connectivity index (χ0) is 14.0. The van der Waals surface area contributed by atoms with Crippen molar-refractivity contribution in [1.82, 2.24) is 0 Å². The van der Waals surface area contributed by atoms with Gasteiger partial charge < -0.3 is 14.4 Å². The molecule has 1 unspecified atom stereocenters. The summed E-state index contributed by atoms with van der Waals surface area (Å²) in [6.45, 7) is 2.69. The molecule has 1 aliphatic rings. The van der Waals surface area contributed by atoms with Gasteiger partial charge in [-0.05, 0) is 30.2 Å². The molecule has 1 amide bonds. The highest BCUT2D eigenvalue weighted by molar-refractivity contribution is 7.80. The molecule has 1 heterocycles. The molecule has 0 saturated carbocycles. The standard InChI is InChI=1S/C14H19NO3S/c1-9-4-12(17-2)13(18-3)6-11(9)15-7-10(8-19)5-14(15)16/h4,6,10,19H,5,7-8H2,1-3H3. The van der Waals surface area contributed by atoms with E-state index in [-0.39, 0.29) is 5.91 Å². The summed E-state index contributed by atoms with van der Waals surface area (Å²) in [4.78, 5) is 13.9. The molecule has 0 aliphatic carbocycles. The fraction of sp³-hybridized carbons (Fsp3) is 0.500. The number of benzene rings is 1. The van der Waals surface area contributed by atoms with Gasteiger partial charge in [0.15, 0.2) is 11.5 Å². The average Bonchev–Trinajstić information content (AvgIpc) is 2.79. The highest BCUT2D eigenvalue weighted by atomic mass is 32.1. The average molecular weight is 281 g/mol. The van der Waals surface area contributed by atoms with Crippen LogP contribution in [0.3, 0.4) is 0 Å². The van der Waals surface area contributed by atoms with Gasteiger partial charge in [-0.15, -0.1) is 0 Å². The smallest absolute Gasteiger partial charge is 0.227 e. The van der Waals surface area contributed by atoms with E-state index in [9.17, 15) is 4.79 Å². The Morgan fingerprint density at radius 1 is 1.32 bits per heavy atom. The van der Waals surface area contributed by atoms with Gasteiger partial charge in [-0.2, -0.15) is 12.6 Å². The molecule has 0 N–H and O–H groups in total. The molecule has 1 saturated heterocycles. The predicted octanol–water partition coefficient (Wildman–Crippen LogP) is 2.29. The number of carbonyl (C=O) groups excluding carboxylic acids is 1. The lowest BCUT2D eigenvalue weighted by Gasteiger charge is -2.21. The molecule has 1 atom stereocenters. The maximum absolute atomic E-state index is 12.1. The van der Waals surface area contributed by atoms with Gasteiger partial charge in [0.05, 0.1) is 19.9 Å². The first-order valence-electron chi connectivity index (χ1n) is 6.24. The van der Waals surface area contributed by atoms with E-state index >= 15 is 0 Å². The maximum atomic E-state index is 12.1. The summed E-state index contributed by atoms with van der Waals surface area (Å²) in [7, 11) is 3.20. The highest BCUT2D eigenvalue weighted by Gasteiger charge is 2.31. The fourth-order valence-corrected chi connectivity index (χ4v) is 2.64. The molecule has 0 aromatic heterocycles. The van der Waals surface area contributed by atoms with Crippen molar-refractivity contribution >= 4 is 24.2 Å².